The fraction of sp³-hybridized carbons (Fsp3) is 0.688. The Balaban J connectivity index is 1.46. The van der Waals surface area contributed by atoms with Crippen LogP contribution in [-0.2, 0) is 0 Å². The second-order valence-electron chi connectivity index (χ2n) is 6.08. The SMILES string of the molecule is CC[C@H](NC(=O)N1CC(N2CCCCC2)C1)c1cccs1. The van der Waals surface area contributed by atoms with Crippen molar-refractivity contribution < 1.29 is 4.79 Å². The van der Waals surface area contributed by atoms with Crippen molar-refractivity contribution in [3.63, 3.8) is 0 Å². The average molecular weight is 307 g/mol. The van der Waals surface area contributed by atoms with Crippen LogP contribution in [0.1, 0.15) is 43.5 Å². The lowest BCUT2D eigenvalue weighted by Crippen LogP contribution is -2.63. The molecule has 2 saturated heterocycles. The summed E-state index contributed by atoms with van der Waals surface area (Å²) in [5.74, 6) is 0. The van der Waals surface area contributed by atoms with Crippen LogP contribution in [0.3, 0.4) is 0 Å². The van der Waals surface area contributed by atoms with Crippen LogP contribution in [0.2, 0.25) is 0 Å². The Labute approximate surface area is 131 Å². The predicted molar refractivity (Wildman–Crippen MR) is 86.7 cm³/mol. The van der Waals surface area contributed by atoms with Crippen LogP contribution in [0.4, 0.5) is 4.79 Å². The lowest BCUT2D eigenvalue weighted by molar-refractivity contribution is 0.0442. The highest BCUT2D eigenvalue weighted by Crippen LogP contribution is 2.24. The van der Waals surface area contributed by atoms with Gasteiger partial charge in [-0.1, -0.05) is 19.4 Å². The Bertz CT molecular complexity index is 450. The van der Waals surface area contributed by atoms with Gasteiger partial charge < -0.3 is 10.2 Å². The van der Waals surface area contributed by atoms with Crippen LogP contribution in [0.5, 0.6) is 0 Å². The predicted octanol–water partition coefficient (Wildman–Crippen LogP) is 3.08. The largest absolute Gasteiger partial charge is 0.330 e. The van der Waals surface area contributed by atoms with Crippen molar-refractivity contribution in [2.24, 2.45) is 0 Å². The number of rotatable bonds is 4. The molecule has 3 heterocycles. The number of hydrogen-bond donors (Lipinski definition) is 1. The maximum Gasteiger partial charge on any atom is 0.318 e. The lowest BCUT2D eigenvalue weighted by Gasteiger charge is -2.46. The molecule has 21 heavy (non-hydrogen) atoms. The summed E-state index contributed by atoms with van der Waals surface area (Å²) in [6.45, 7) is 6.34. The third-order valence-corrected chi connectivity index (χ3v) is 5.64. The molecule has 4 nitrogen and oxygen atoms in total. The molecule has 0 radical (unpaired) electrons. The topological polar surface area (TPSA) is 35.6 Å². The summed E-state index contributed by atoms with van der Waals surface area (Å²) >= 11 is 1.72. The van der Waals surface area contributed by atoms with E-state index in [4.69, 9.17) is 0 Å². The molecule has 5 heteroatoms. The van der Waals surface area contributed by atoms with Gasteiger partial charge in [-0.05, 0) is 43.8 Å². The molecule has 116 valence electrons. The van der Waals surface area contributed by atoms with Crippen molar-refractivity contribution in [3.05, 3.63) is 22.4 Å². The number of carbonyl (C=O) groups excluding carboxylic acids is 1. The van der Waals surface area contributed by atoms with Crippen molar-refractivity contribution in [2.45, 2.75) is 44.7 Å². The van der Waals surface area contributed by atoms with E-state index in [-0.39, 0.29) is 12.1 Å². The summed E-state index contributed by atoms with van der Waals surface area (Å²) in [7, 11) is 0. The van der Waals surface area contributed by atoms with Gasteiger partial charge in [0.05, 0.1) is 6.04 Å². The quantitative estimate of drug-likeness (QED) is 0.928. The molecule has 0 aromatic carbocycles. The van der Waals surface area contributed by atoms with Gasteiger partial charge in [0.25, 0.3) is 0 Å². The van der Waals surface area contributed by atoms with Crippen LogP contribution in [0, 0.1) is 0 Å². The Hall–Kier alpha value is -1.07. The highest BCUT2D eigenvalue weighted by molar-refractivity contribution is 7.10. The first kappa shape index (κ1) is 14.9. The minimum Gasteiger partial charge on any atom is -0.330 e. The van der Waals surface area contributed by atoms with E-state index < -0.39 is 0 Å². The number of nitrogens with zero attached hydrogens (tertiary/aromatic N) is 2. The number of thiophene rings is 1. The average Bonchev–Trinajstić information content (AvgIpc) is 2.98. The molecule has 1 atom stereocenters. The highest BCUT2D eigenvalue weighted by Gasteiger charge is 2.35. The van der Waals surface area contributed by atoms with E-state index in [2.05, 4.69) is 28.6 Å². The minimum atomic E-state index is 0.100. The second kappa shape index (κ2) is 6.79. The van der Waals surface area contributed by atoms with Crippen molar-refractivity contribution in [1.29, 1.82) is 0 Å². The number of amides is 2. The fourth-order valence-corrected chi connectivity index (χ4v) is 4.10. The molecule has 2 aliphatic rings. The molecular formula is C16H25N3OS. The summed E-state index contributed by atoms with van der Waals surface area (Å²) in [5, 5.41) is 5.24. The lowest BCUT2D eigenvalue weighted by atomic mass is 10.0. The first-order chi connectivity index (χ1) is 10.3. The van der Waals surface area contributed by atoms with E-state index >= 15 is 0 Å². The molecule has 0 unspecified atom stereocenters. The monoisotopic (exact) mass is 307 g/mol. The van der Waals surface area contributed by atoms with Crippen molar-refractivity contribution in [3.8, 4) is 0 Å². The molecule has 0 bridgehead atoms. The maximum atomic E-state index is 12.3. The maximum absolute atomic E-state index is 12.3. The van der Waals surface area contributed by atoms with Gasteiger partial charge in [0.2, 0.25) is 0 Å². The minimum absolute atomic E-state index is 0.100. The molecular weight excluding hydrogens is 282 g/mol. The number of carbonyl (C=O) groups is 1. The Morgan fingerprint density at radius 3 is 2.76 bits per heavy atom. The molecule has 1 aromatic heterocycles. The number of hydrogen-bond acceptors (Lipinski definition) is 3. The molecule has 3 rings (SSSR count). The van der Waals surface area contributed by atoms with E-state index in [0.717, 1.165) is 19.5 Å². The molecule has 2 fully saturated rings. The van der Waals surface area contributed by atoms with E-state index in [9.17, 15) is 4.79 Å². The van der Waals surface area contributed by atoms with Gasteiger partial charge in [-0.2, -0.15) is 0 Å². The number of nitrogens with one attached hydrogen (secondary N) is 1. The summed E-state index contributed by atoms with van der Waals surface area (Å²) in [6.07, 6.45) is 4.94. The van der Waals surface area contributed by atoms with Crippen LogP contribution in [0.15, 0.2) is 17.5 Å². The molecule has 2 aliphatic heterocycles. The zero-order valence-electron chi connectivity index (χ0n) is 12.8. The molecule has 0 saturated carbocycles. The first-order valence-corrected chi connectivity index (χ1v) is 8.98. The van der Waals surface area contributed by atoms with Gasteiger partial charge in [0.15, 0.2) is 0 Å². The highest BCUT2D eigenvalue weighted by atomic mass is 32.1. The van der Waals surface area contributed by atoms with Crippen molar-refractivity contribution in [1.82, 2.24) is 15.1 Å². The van der Waals surface area contributed by atoms with Gasteiger partial charge in [0, 0.05) is 24.0 Å². The zero-order valence-corrected chi connectivity index (χ0v) is 13.6. The van der Waals surface area contributed by atoms with E-state index in [1.54, 1.807) is 11.3 Å². The van der Waals surface area contributed by atoms with Gasteiger partial charge in [-0.15, -0.1) is 11.3 Å². The van der Waals surface area contributed by atoms with Gasteiger partial charge >= 0.3 is 6.03 Å². The van der Waals surface area contributed by atoms with Gasteiger partial charge in [0.1, 0.15) is 0 Å². The standard InChI is InChI=1S/C16H25N3OS/c1-2-14(15-7-6-10-21-15)17-16(20)19-11-13(12-19)18-8-4-3-5-9-18/h6-7,10,13-14H,2-5,8-9,11-12H2,1H3,(H,17,20)/t14-/m0/s1. The fourth-order valence-electron chi connectivity index (χ4n) is 3.24. The van der Waals surface area contributed by atoms with Crippen LogP contribution < -0.4 is 5.32 Å². The van der Waals surface area contributed by atoms with Crippen molar-refractivity contribution >= 4 is 17.4 Å². The Morgan fingerprint density at radius 2 is 2.14 bits per heavy atom. The first-order valence-electron chi connectivity index (χ1n) is 8.11. The third-order valence-electron chi connectivity index (χ3n) is 4.65. The molecule has 2 amide bonds. The third kappa shape index (κ3) is 3.40. The molecule has 1 aromatic rings. The summed E-state index contributed by atoms with van der Waals surface area (Å²) < 4.78 is 0. The molecule has 1 N–H and O–H groups in total. The van der Waals surface area contributed by atoms with Crippen LogP contribution in [-0.4, -0.2) is 48.1 Å². The second-order valence-corrected chi connectivity index (χ2v) is 7.06. The molecule has 0 aliphatic carbocycles. The van der Waals surface area contributed by atoms with E-state index in [1.165, 1.54) is 37.2 Å². The van der Waals surface area contributed by atoms with Crippen LogP contribution >= 0.6 is 11.3 Å². The normalized spacial score (nSPS) is 21.9. The van der Waals surface area contributed by atoms with Gasteiger partial charge in [-0.3, -0.25) is 4.90 Å². The number of likely N-dealkylation sites (tertiary alicyclic amines) is 2. The Morgan fingerprint density at radius 1 is 1.38 bits per heavy atom. The van der Waals surface area contributed by atoms with Gasteiger partial charge in [-0.25, -0.2) is 4.79 Å². The summed E-state index contributed by atoms with van der Waals surface area (Å²) in [5.41, 5.74) is 0. The zero-order chi connectivity index (χ0) is 14.7. The number of piperidine rings is 1. The summed E-state index contributed by atoms with van der Waals surface area (Å²) in [4.78, 5) is 18.1. The Kier molecular flexibility index (Phi) is 4.80. The number of urea groups is 1. The smallest absolute Gasteiger partial charge is 0.318 e. The van der Waals surface area contributed by atoms with E-state index in [0.29, 0.717) is 6.04 Å². The summed E-state index contributed by atoms with van der Waals surface area (Å²) in [6, 6.07) is 5.00. The van der Waals surface area contributed by atoms with Crippen LogP contribution in [0.25, 0.3) is 0 Å². The van der Waals surface area contributed by atoms with E-state index in [1.807, 2.05) is 11.0 Å². The molecule has 0 spiro atoms. The van der Waals surface area contributed by atoms with Crippen molar-refractivity contribution in [2.75, 3.05) is 26.2 Å².